The molecule has 7 heavy (non-hydrogen) atoms. The van der Waals surface area contributed by atoms with E-state index in [1.807, 2.05) is 0 Å². The summed E-state index contributed by atoms with van der Waals surface area (Å²) in [6.07, 6.45) is 3.24. The topological polar surface area (TPSA) is 61.8 Å². The van der Waals surface area contributed by atoms with Gasteiger partial charge in [-0.2, -0.15) is 0 Å². The third-order valence-corrected chi connectivity index (χ3v) is 0.331. The molecule has 0 atom stereocenters. The summed E-state index contributed by atoms with van der Waals surface area (Å²) in [7, 11) is 0. The minimum Gasteiger partial charge on any atom is -0.333 e. The van der Waals surface area contributed by atoms with E-state index >= 15 is 0 Å². The van der Waals surface area contributed by atoms with E-state index < -0.39 is 0 Å². The van der Waals surface area contributed by atoms with Crippen LogP contribution in [0.3, 0.4) is 0 Å². The molecular formula is C2H5N3OS. The fraction of sp³-hybridized carbons (Fsp3) is 0. The van der Waals surface area contributed by atoms with E-state index in [0.29, 0.717) is 0 Å². The lowest BCUT2D eigenvalue weighted by Crippen LogP contribution is -1.61. The molecule has 0 aromatic carbocycles. The van der Waals surface area contributed by atoms with Gasteiger partial charge in [0.05, 0.1) is 6.20 Å². The van der Waals surface area contributed by atoms with E-state index in [1.54, 1.807) is 12.4 Å². The Hall–Kier alpha value is -0.550. The SMILES string of the molecule is OS.c1c[nH]nn1. The van der Waals surface area contributed by atoms with Crippen LogP contribution < -0.4 is 0 Å². The van der Waals surface area contributed by atoms with Crippen molar-refractivity contribution in [3.8, 4) is 0 Å². The molecule has 1 rings (SSSR count). The minimum atomic E-state index is 1.58. The molecule has 0 spiro atoms. The van der Waals surface area contributed by atoms with Crippen LogP contribution in [0.25, 0.3) is 0 Å². The second-order valence-electron chi connectivity index (χ2n) is 0.660. The highest BCUT2D eigenvalue weighted by Gasteiger charge is 1.57. The lowest BCUT2D eigenvalue weighted by Gasteiger charge is -1.46. The average molecular weight is 119 g/mol. The predicted octanol–water partition coefficient (Wildman–Crippen LogP) is 0.194. The van der Waals surface area contributed by atoms with Crippen LogP contribution >= 0.6 is 12.9 Å². The Morgan fingerprint density at radius 1 is 1.57 bits per heavy atom. The van der Waals surface area contributed by atoms with Gasteiger partial charge in [0.1, 0.15) is 0 Å². The number of aromatic amines is 1. The van der Waals surface area contributed by atoms with Gasteiger partial charge in [0.15, 0.2) is 0 Å². The molecule has 5 heteroatoms. The predicted molar refractivity (Wildman–Crippen MR) is 28.0 cm³/mol. The number of H-pyrrole nitrogens is 1. The van der Waals surface area contributed by atoms with Crippen LogP contribution in [-0.4, -0.2) is 20.0 Å². The number of rotatable bonds is 0. The van der Waals surface area contributed by atoms with Gasteiger partial charge in [0.2, 0.25) is 0 Å². The van der Waals surface area contributed by atoms with Crippen molar-refractivity contribution in [2.24, 2.45) is 0 Å². The maximum Gasteiger partial charge on any atom is 0.0690 e. The van der Waals surface area contributed by atoms with Gasteiger partial charge in [-0.3, -0.25) is 5.10 Å². The number of nitrogens with one attached hydrogen (secondary N) is 1. The quantitative estimate of drug-likeness (QED) is 0.337. The summed E-state index contributed by atoms with van der Waals surface area (Å²) in [5.74, 6) is 0. The maximum absolute atomic E-state index is 6.69. The molecule has 0 aliphatic rings. The molecule has 0 saturated carbocycles. The number of hydrogen-bond acceptors (Lipinski definition) is 4. The first-order valence-electron chi connectivity index (χ1n) is 1.50. The second-order valence-corrected chi connectivity index (χ2v) is 0.660. The van der Waals surface area contributed by atoms with Crippen molar-refractivity contribution in [1.29, 1.82) is 0 Å². The smallest absolute Gasteiger partial charge is 0.0690 e. The lowest BCUT2D eigenvalue weighted by atomic mass is 11.0. The largest absolute Gasteiger partial charge is 0.333 e. The van der Waals surface area contributed by atoms with Crippen LogP contribution in [0.4, 0.5) is 0 Å². The molecule has 40 valence electrons. The van der Waals surface area contributed by atoms with E-state index in [1.165, 1.54) is 0 Å². The Balaban J connectivity index is 0.000000162. The Kier molecular flexibility index (Phi) is 5.02. The van der Waals surface area contributed by atoms with Crippen molar-refractivity contribution >= 4 is 12.9 Å². The van der Waals surface area contributed by atoms with Gasteiger partial charge in [-0.25, -0.2) is 0 Å². The average Bonchev–Trinajstić information content (AvgIpc) is 2.23. The molecular weight excluding hydrogens is 114 g/mol. The zero-order valence-electron chi connectivity index (χ0n) is 3.44. The third kappa shape index (κ3) is 3.28. The highest BCUT2D eigenvalue weighted by Crippen LogP contribution is 1.55. The van der Waals surface area contributed by atoms with E-state index in [-0.39, 0.29) is 0 Å². The molecule has 0 amide bonds. The highest BCUT2D eigenvalue weighted by atomic mass is 32.1. The van der Waals surface area contributed by atoms with Crippen LogP contribution in [0.1, 0.15) is 0 Å². The normalized spacial score (nSPS) is 6.57. The molecule has 0 aliphatic carbocycles. The fourth-order valence-corrected chi connectivity index (χ4v) is 0.167. The van der Waals surface area contributed by atoms with Crippen molar-refractivity contribution in [3.63, 3.8) is 0 Å². The summed E-state index contributed by atoms with van der Waals surface area (Å²) in [5.41, 5.74) is 0. The molecule has 2 N–H and O–H groups in total. The van der Waals surface area contributed by atoms with Gasteiger partial charge in [0, 0.05) is 6.20 Å². The van der Waals surface area contributed by atoms with Crippen LogP contribution in [-0.2, 0) is 0 Å². The van der Waals surface area contributed by atoms with Gasteiger partial charge >= 0.3 is 0 Å². The Labute approximate surface area is 46.2 Å². The minimum absolute atomic E-state index is 1.58. The van der Waals surface area contributed by atoms with E-state index in [2.05, 4.69) is 28.3 Å². The van der Waals surface area contributed by atoms with Crippen LogP contribution in [0.2, 0.25) is 0 Å². The van der Waals surface area contributed by atoms with Crippen molar-refractivity contribution in [3.05, 3.63) is 12.4 Å². The van der Waals surface area contributed by atoms with E-state index in [4.69, 9.17) is 4.55 Å². The number of hydrogen-bond donors (Lipinski definition) is 3. The van der Waals surface area contributed by atoms with Crippen molar-refractivity contribution in [2.75, 3.05) is 0 Å². The molecule has 0 fully saturated rings. The number of thiol groups is 1. The summed E-state index contributed by atoms with van der Waals surface area (Å²) in [4.78, 5) is 0. The molecule has 0 unspecified atom stereocenters. The monoisotopic (exact) mass is 119 g/mol. The van der Waals surface area contributed by atoms with Gasteiger partial charge < -0.3 is 4.55 Å². The molecule has 4 nitrogen and oxygen atoms in total. The van der Waals surface area contributed by atoms with Crippen LogP contribution in [0, 0.1) is 0 Å². The van der Waals surface area contributed by atoms with Crippen LogP contribution in [0.15, 0.2) is 12.4 Å². The maximum atomic E-state index is 6.69. The molecule has 1 heterocycles. The standard InChI is InChI=1S/C2H3N3.H2OS/c1-2-4-5-3-1;1-2/h1-2H,(H,3,4,5);1-2H. The number of nitrogens with zero attached hydrogens (tertiary/aromatic N) is 2. The van der Waals surface area contributed by atoms with Gasteiger partial charge in [-0.1, -0.05) is 5.21 Å². The van der Waals surface area contributed by atoms with Crippen molar-refractivity contribution in [1.82, 2.24) is 15.4 Å². The van der Waals surface area contributed by atoms with Crippen LogP contribution in [0.5, 0.6) is 0 Å². The third-order valence-electron chi connectivity index (χ3n) is 0.331. The first-order chi connectivity index (χ1) is 3.50. The Morgan fingerprint density at radius 2 is 2.29 bits per heavy atom. The zero-order chi connectivity index (χ0) is 5.54. The fourth-order valence-electron chi connectivity index (χ4n) is 0.167. The van der Waals surface area contributed by atoms with E-state index in [9.17, 15) is 0 Å². The first-order valence-corrected chi connectivity index (χ1v) is 1.90. The van der Waals surface area contributed by atoms with Gasteiger partial charge in [-0.05, 0) is 12.9 Å². The molecule has 0 saturated heterocycles. The highest BCUT2D eigenvalue weighted by molar-refractivity contribution is 7.74. The Morgan fingerprint density at radius 3 is 2.43 bits per heavy atom. The van der Waals surface area contributed by atoms with Gasteiger partial charge in [0.25, 0.3) is 0 Å². The van der Waals surface area contributed by atoms with Crippen molar-refractivity contribution in [2.45, 2.75) is 0 Å². The summed E-state index contributed by atoms with van der Waals surface area (Å²) in [6, 6.07) is 0. The lowest BCUT2D eigenvalue weighted by molar-refractivity contribution is 0.679. The second kappa shape index (κ2) is 5.45. The van der Waals surface area contributed by atoms with Crippen molar-refractivity contribution < 1.29 is 4.55 Å². The summed E-state index contributed by atoms with van der Waals surface area (Å²) < 4.78 is 6.69. The summed E-state index contributed by atoms with van der Waals surface area (Å²) in [5, 5.41) is 9.26. The molecule has 0 aliphatic heterocycles. The molecule has 1 aromatic rings. The molecule has 1 aromatic heterocycles. The van der Waals surface area contributed by atoms with E-state index in [0.717, 1.165) is 0 Å². The molecule has 0 bridgehead atoms. The van der Waals surface area contributed by atoms with Gasteiger partial charge in [-0.15, -0.1) is 5.10 Å². The zero-order valence-corrected chi connectivity index (χ0v) is 4.34. The molecule has 0 radical (unpaired) electrons. The number of aromatic nitrogens is 3. The first kappa shape index (κ1) is 6.45. The summed E-state index contributed by atoms with van der Waals surface area (Å²) >= 11 is 2.53. The summed E-state index contributed by atoms with van der Waals surface area (Å²) in [6.45, 7) is 0. The Bertz CT molecular complexity index is 69.4.